The minimum absolute atomic E-state index is 0.569. The molecule has 0 aliphatic heterocycles. The van der Waals surface area contributed by atoms with Gasteiger partial charge in [0.05, 0.1) is 0 Å². The molecular formula is C6H18N4. The van der Waals surface area contributed by atoms with Gasteiger partial charge in [-0.3, -0.25) is 5.32 Å². The van der Waals surface area contributed by atoms with Gasteiger partial charge in [-0.05, 0) is 6.42 Å². The maximum Gasteiger partial charge on any atom is 0.118 e. The molecule has 4 nitrogen and oxygen atoms in total. The molecular weight excluding hydrogens is 128 g/mol. The van der Waals surface area contributed by atoms with E-state index in [1.54, 1.807) is 0 Å². The molecule has 0 aromatic rings. The first kappa shape index (κ1) is 9.84. The van der Waals surface area contributed by atoms with Crippen molar-refractivity contribution >= 4 is 0 Å². The van der Waals surface area contributed by atoms with Crippen LogP contribution in [0.15, 0.2) is 0 Å². The summed E-state index contributed by atoms with van der Waals surface area (Å²) in [7, 11) is 0. The molecule has 0 rings (SSSR count). The van der Waals surface area contributed by atoms with Crippen LogP contribution in [0.1, 0.15) is 19.8 Å². The number of hydrogen-bond acceptors (Lipinski definition) is 4. The summed E-state index contributed by atoms with van der Waals surface area (Å²) in [6.07, 6.45) is 1.75. The molecule has 0 aliphatic rings. The number of nitrogens with two attached hydrogens (primary N) is 3. The second kappa shape index (κ2) is 4.62. The highest BCUT2D eigenvalue weighted by atomic mass is 15.2. The summed E-state index contributed by atoms with van der Waals surface area (Å²) in [5, 5.41) is 2.94. The molecule has 0 saturated heterocycles. The molecule has 0 radical (unpaired) electrons. The van der Waals surface area contributed by atoms with Crippen LogP contribution in [-0.2, 0) is 0 Å². The zero-order valence-electron chi connectivity index (χ0n) is 6.56. The van der Waals surface area contributed by atoms with E-state index in [1.807, 2.05) is 6.92 Å². The third kappa shape index (κ3) is 4.69. The molecule has 10 heavy (non-hydrogen) atoms. The van der Waals surface area contributed by atoms with Crippen molar-refractivity contribution in [3.8, 4) is 0 Å². The molecule has 0 aliphatic carbocycles. The predicted molar refractivity (Wildman–Crippen MR) is 43.1 cm³/mol. The zero-order valence-corrected chi connectivity index (χ0v) is 6.56. The molecule has 0 amide bonds. The molecule has 62 valence electrons. The van der Waals surface area contributed by atoms with Gasteiger partial charge < -0.3 is 17.2 Å². The average Bonchev–Trinajstić information content (AvgIpc) is 1.84. The predicted octanol–water partition coefficient (Wildman–Crippen LogP) is -1.09. The quantitative estimate of drug-likeness (QED) is 0.371. The molecule has 7 N–H and O–H groups in total. The van der Waals surface area contributed by atoms with Crippen LogP contribution in [0.4, 0.5) is 0 Å². The monoisotopic (exact) mass is 146 g/mol. The van der Waals surface area contributed by atoms with Gasteiger partial charge in [0.25, 0.3) is 0 Å². The maximum atomic E-state index is 5.62. The van der Waals surface area contributed by atoms with E-state index in [-0.39, 0.29) is 0 Å². The molecule has 0 spiro atoms. The van der Waals surface area contributed by atoms with Crippen molar-refractivity contribution < 1.29 is 0 Å². The zero-order chi connectivity index (χ0) is 8.04. The third-order valence-corrected chi connectivity index (χ3v) is 1.26. The van der Waals surface area contributed by atoms with Crippen molar-refractivity contribution in [1.82, 2.24) is 5.32 Å². The number of hydrogen-bond donors (Lipinski definition) is 4. The lowest BCUT2D eigenvalue weighted by Crippen LogP contribution is -2.61. The highest BCUT2D eigenvalue weighted by Gasteiger charge is 2.14. The van der Waals surface area contributed by atoms with E-state index in [0.29, 0.717) is 13.1 Å². The van der Waals surface area contributed by atoms with Crippen LogP contribution in [0.3, 0.4) is 0 Å². The van der Waals surface area contributed by atoms with E-state index in [0.717, 1.165) is 12.8 Å². The normalized spacial score (nSPS) is 12.0. The first-order valence-corrected chi connectivity index (χ1v) is 3.65. The van der Waals surface area contributed by atoms with E-state index in [1.165, 1.54) is 0 Å². The maximum absolute atomic E-state index is 5.62. The fraction of sp³-hybridized carbons (Fsp3) is 1.00. The standard InChI is InChI=1S/C6H18N4/c1-2-3-6(8,9)10-5-4-7/h10H,2-5,7-9H2,1H3. The molecule has 0 aromatic heterocycles. The van der Waals surface area contributed by atoms with Crippen molar-refractivity contribution in [1.29, 1.82) is 0 Å². The summed E-state index contributed by atoms with van der Waals surface area (Å²) in [6.45, 7) is 3.28. The van der Waals surface area contributed by atoms with E-state index in [4.69, 9.17) is 17.2 Å². The topological polar surface area (TPSA) is 90.1 Å². The largest absolute Gasteiger partial charge is 0.329 e. The Morgan fingerprint density at radius 3 is 2.40 bits per heavy atom. The van der Waals surface area contributed by atoms with Crippen molar-refractivity contribution in [2.24, 2.45) is 17.2 Å². The van der Waals surface area contributed by atoms with Crippen molar-refractivity contribution in [2.45, 2.75) is 25.6 Å². The SMILES string of the molecule is CCCC(N)(N)NCCN. The Labute approximate surface area is 62.1 Å². The molecule has 0 atom stereocenters. The van der Waals surface area contributed by atoms with Gasteiger partial charge in [0.1, 0.15) is 5.79 Å². The first-order chi connectivity index (χ1) is 4.62. The summed E-state index contributed by atoms with van der Waals surface area (Å²) in [4.78, 5) is 0. The van der Waals surface area contributed by atoms with E-state index in [2.05, 4.69) is 5.32 Å². The van der Waals surface area contributed by atoms with Crippen LogP contribution in [0.5, 0.6) is 0 Å². The van der Waals surface area contributed by atoms with Gasteiger partial charge in [-0.2, -0.15) is 0 Å². The molecule has 0 saturated carbocycles. The Hall–Kier alpha value is -0.160. The third-order valence-electron chi connectivity index (χ3n) is 1.26. The van der Waals surface area contributed by atoms with E-state index in [9.17, 15) is 0 Å². The van der Waals surface area contributed by atoms with E-state index < -0.39 is 5.79 Å². The van der Waals surface area contributed by atoms with Gasteiger partial charge in [0.15, 0.2) is 0 Å². The van der Waals surface area contributed by atoms with E-state index >= 15 is 0 Å². The Bertz CT molecular complexity index is 81.8. The lowest BCUT2D eigenvalue weighted by molar-refractivity contribution is 0.323. The highest BCUT2D eigenvalue weighted by Crippen LogP contribution is 1.95. The van der Waals surface area contributed by atoms with Gasteiger partial charge in [-0.15, -0.1) is 0 Å². The van der Waals surface area contributed by atoms with Crippen LogP contribution in [-0.4, -0.2) is 18.9 Å². The van der Waals surface area contributed by atoms with Crippen molar-refractivity contribution in [3.63, 3.8) is 0 Å². The van der Waals surface area contributed by atoms with Gasteiger partial charge >= 0.3 is 0 Å². The molecule has 0 aromatic carbocycles. The average molecular weight is 146 g/mol. The van der Waals surface area contributed by atoms with Crippen LogP contribution in [0.2, 0.25) is 0 Å². The van der Waals surface area contributed by atoms with Crippen LogP contribution < -0.4 is 22.5 Å². The minimum atomic E-state index is -0.728. The van der Waals surface area contributed by atoms with Gasteiger partial charge in [-0.1, -0.05) is 13.3 Å². The summed E-state index contributed by atoms with van der Waals surface area (Å²) in [6, 6.07) is 0. The minimum Gasteiger partial charge on any atom is -0.329 e. The molecule has 0 bridgehead atoms. The summed E-state index contributed by atoms with van der Waals surface area (Å²) >= 11 is 0. The summed E-state index contributed by atoms with van der Waals surface area (Å²) in [5.74, 6) is -0.728. The number of nitrogens with one attached hydrogen (secondary N) is 1. The molecule has 0 fully saturated rings. The fourth-order valence-electron chi connectivity index (χ4n) is 0.807. The van der Waals surface area contributed by atoms with Crippen LogP contribution in [0.25, 0.3) is 0 Å². The Balaban J connectivity index is 3.42. The van der Waals surface area contributed by atoms with Crippen molar-refractivity contribution in [2.75, 3.05) is 13.1 Å². The van der Waals surface area contributed by atoms with Crippen LogP contribution in [0, 0.1) is 0 Å². The van der Waals surface area contributed by atoms with Gasteiger partial charge in [0, 0.05) is 13.1 Å². The molecule has 0 heterocycles. The number of rotatable bonds is 5. The molecule has 0 unspecified atom stereocenters. The van der Waals surface area contributed by atoms with Gasteiger partial charge in [0.2, 0.25) is 0 Å². The Morgan fingerprint density at radius 1 is 1.40 bits per heavy atom. The summed E-state index contributed by atoms with van der Waals surface area (Å²) in [5.41, 5.74) is 16.5. The Morgan fingerprint density at radius 2 is 2.00 bits per heavy atom. The van der Waals surface area contributed by atoms with Crippen LogP contribution >= 0.6 is 0 Å². The Kier molecular flexibility index (Phi) is 4.55. The lowest BCUT2D eigenvalue weighted by atomic mass is 10.2. The smallest absolute Gasteiger partial charge is 0.118 e. The summed E-state index contributed by atoms with van der Waals surface area (Å²) < 4.78 is 0. The first-order valence-electron chi connectivity index (χ1n) is 3.65. The highest BCUT2D eigenvalue weighted by molar-refractivity contribution is 4.72. The fourth-order valence-corrected chi connectivity index (χ4v) is 0.807. The van der Waals surface area contributed by atoms with Crippen molar-refractivity contribution in [3.05, 3.63) is 0 Å². The lowest BCUT2D eigenvalue weighted by Gasteiger charge is -2.24. The second-order valence-electron chi connectivity index (χ2n) is 2.51. The second-order valence-corrected chi connectivity index (χ2v) is 2.51. The van der Waals surface area contributed by atoms with Gasteiger partial charge in [-0.25, -0.2) is 0 Å². The molecule has 4 heteroatoms.